The number of nitrogens with two attached hydrogens (primary N) is 1. The average molecular weight is 440 g/mol. The summed E-state index contributed by atoms with van der Waals surface area (Å²) >= 11 is 6.07. The Hall–Kier alpha value is -3.52. The number of primary amides is 1. The minimum absolute atomic E-state index is 0.0464. The topological polar surface area (TPSA) is 120 Å². The van der Waals surface area contributed by atoms with E-state index >= 15 is 0 Å². The van der Waals surface area contributed by atoms with Crippen LogP contribution in [-0.4, -0.2) is 38.4 Å². The Morgan fingerprint density at radius 1 is 1.16 bits per heavy atom. The predicted molar refractivity (Wildman–Crippen MR) is 117 cm³/mol. The van der Waals surface area contributed by atoms with E-state index in [9.17, 15) is 14.4 Å². The minimum Gasteiger partial charge on any atom is -0.363 e. The lowest BCUT2D eigenvalue weighted by Gasteiger charge is -2.19. The number of carbonyl (C=O) groups is 3. The van der Waals surface area contributed by atoms with Crippen LogP contribution >= 0.6 is 11.6 Å². The fourth-order valence-corrected chi connectivity index (χ4v) is 3.26. The highest BCUT2D eigenvalue weighted by Gasteiger charge is 2.27. The monoisotopic (exact) mass is 439 g/mol. The summed E-state index contributed by atoms with van der Waals surface area (Å²) in [5.74, 6) is -2.29. The molecular weight excluding hydrogens is 418 g/mol. The molecule has 0 radical (unpaired) electrons. The van der Waals surface area contributed by atoms with Gasteiger partial charge in [0.15, 0.2) is 5.82 Å². The Kier molecular flexibility index (Phi) is 6.81. The van der Waals surface area contributed by atoms with Crippen LogP contribution in [0.1, 0.15) is 30.6 Å². The van der Waals surface area contributed by atoms with E-state index in [1.807, 2.05) is 44.2 Å². The number of amides is 2. The van der Waals surface area contributed by atoms with Crippen LogP contribution in [0.15, 0.2) is 54.9 Å². The largest absolute Gasteiger partial charge is 0.363 e. The lowest BCUT2D eigenvalue weighted by molar-refractivity contribution is -0.137. The molecular formula is C22H22ClN5O3. The zero-order valence-electron chi connectivity index (χ0n) is 17.1. The standard InChI is InChI=1S/C22H22ClN5O3/c1-13(2)10-18(19(29)20(24)30)26-22(31)16-11-15(23)12-25-21(16)28-9-8-17(27-28)14-6-4-3-5-7-14/h3-9,11-13,18H,10H2,1-2H3,(H2,24,30)(H,26,31). The zero-order valence-corrected chi connectivity index (χ0v) is 17.8. The van der Waals surface area contributed by atoms with Crippen LogP contribution in [0.4, 0.5) is 0 Å². The van der Waals surface area contributed by atoms with Gasteiger partial charge in [-0.2, -0.15) is 5.10 Å². The van der Waals surface area contributed by atoms with Gasteiger partial charge in [0.2, 0.25) is 5.78 Å². The second-order valence-corrected chi connectivity index (χ2v) is 7.86. The van der Waals surface area contributed by atoms with Crippen molar-refractivity contribution < 1.29 is 14.4 Å². The maximum atomic E-state index is 13.0. The first-order chi connectivity index (χ1) is 14.8. The molecule has 1 unspecified atom stereocenters. The van der Waals surface area contributed by atoms with Gasteiger partial charge in [0.1, 0.15) is 0 Å². The van der Waals surface area contributed by atoms with Crippen LogP contribution in [0, 0.1) is 5.92 Å². The molecule has 1 atom stereocenters. The molecule has 0 aliphatic heterocycles. The van der Waals surface area contributed by atoms with Crippen LogP contribution in [0.5, 0.6) is 0 Å². The van der Waals surface area contributed by atoms with E-state index in [4.69, 9.17) is 17.3 Å². The first-order valence-corrected chi connectivity index (χ1v) is 10.1. The molecule has 0 spiro atoms. The molecule has 0 fully saturated rings. The Labute approximate surface area is 184 Å². The molecule has 2 amide bonds. The van der Waals surface area contributed by atoms with Crippen molar-refractivity contribution in [3.63, 3.8) is 0 Å². The van der Waals surface area contributed by atoms with Crippen molar-refractivity contribution in [2.24, 2.45) is 11.7 Å². The van der Waals surface area contributed by atoms with Gasteiger partial charge in [0.05, 0.1) is 22.3 Å². The van der Waals surface area contributed by atoms with E-state index in [0.29, 0.717) is 5.69 Å². The molecule has 9 heteroatoms. The number of pyridine rings is 1. The van der Waals surface area contributed by atoms with Crippen LogP contribution < -0.4 is 11.1 Å². The SMILES string of the molecule is CC(C)CC(NC(=O)c1cc(Cl)cnc1-n1ccc(-c2ccccc2)n1)C(=O)C(N)=O. The van der Waals surface area contributed by atoms with Gasteiger partial charge in [-0.1, -0.05) is 55.8 Å². The summed E-state index contributed by atoms with van der Waals surface area (Å²) < 4.78 is 1.46. The molecule has 0 aliphatic carbocycles. The number of hydrogen-bond donors (Lipinski definition) is 2. The highest BCUT2D eigenvalue weighted by molar-refractivity contribution is 6.38. The van der Waals surface area contributed by atoms with Crippen molar-refractivity contribution in [3.05, 3.63) is 65.4 Å². The second-order valence-electron chi connectivity index (χ2n) is 7.42. The number of hydrogen-bond acceptors (Lipinski definition) is 5. The van der Waals surface area contributed by atoms with Crippen LogP contribution in [-0.2, 0) is 9.59 Å². The highest BCUT2D eigenvalue weighted by Crippen LogP contribution is 2.21. The van der Waals surface area contributed by atoms with Gasteiger partial charge in [0, 0.05) is 18.0 Å². The zero-order chi connectivity index (χ0) is 22.5. The normalized spacial score (nSPS) is 11.9. The molecule has 8 nitrogen and oxygen atoms in total. The number of ketones is 1. The van der Waals surface area contributed by atoms with E-state index < -0.39 is 23.6 Å². The van der Waals surface area contributed by atoms with Crippen molar-refractivity contribution in [1.29, 1.82) is 0 Å². The average Bonchev–Trinajstić information content (AvgIpc) is 3.23. The third kappa shape index (κ3) is 5.35. The molecule has 31 heavy (non-hydrogen) atoms. The van der Waals surface area contributed by atoms with Gasteiger partial charge < -0.3 is 11.1 Å². The third-order valence-corrected chi connectivity index (χ3v) is 4.73. The molecule has 3 aromatic rings. The van der Waals surface area contributed by atoms with Crippen LogP contribution in [0.25, 0.3) is 17.1 Å². The second kappa shape index (κ2) is 9.53. The van der Waals surface area contributed by atoms with Crippen molar-refractivity contribution in [1.82, 2.24) is 20.1 Å². The Bertz CT molecular complexity index is 1110. The first kappa shape index (κ1) is 22.2. The van der Waals surface area contributed by atoms with Gasteiger partial charge >= 0.3 is 0 Å². The maximum Gasteiger partial charge on any atom is 0.287 e. The number of halogens is 1. The fourth-order valence-electron chi connectivity index (χ4n) is 3.10. The first-order valence-electron chi connectivity index (χ1n) is 9.67. The molecule has 0 saturated heterocycles. The van der Waals surface area contributed by atoms with E-state index in [-0.39, 0.29) is 28.7 Å². The number of nitrogens with zero attached hydrogens (tertiary/aromatic N) is 3. The molecule has 2 heterocycles. The fraction of sp³-hybridized carbons (Fsp3) is 0.227. The van der Waals surface area contributed by atoms with Crippen molar-refractivity contribution >= 4 is 29.2 Å². The summed E-state index contributed by atoms with van der Waals surface area (Å²) in [5, 5.41) is 7.34. The van der Waals surface area contributed by atoms with E-state index in [2.05, 4.69) is 15.4 Å². The summed E-state index contributed by atoms with van der Waals surface area (Å²) in [5.41, 5.74) is 6.86. The number of benzene rings is 1. The minimum atomic E-state index is -1.10. The lowest BCUT2D eigenvalue weighted by Crippen LogP contribution is -2.47. The van der Waals surface area contributed by atoms with E-state index in [1.54, 1.807) is 12.3 Å². The smallest absolute Gasteiger partial charge is 0.287 e. The molecule has 3 rings (SSSR count). The Balaban J connectivity index is 1.94. The quantitative estimate of drug-likeness (QED) is 0.523. The molecule has 2 aromatic heterocycles. The summed E-state index contributed by atoms with van der Waals surface area (Å²) in [7, 11) is 0. The Morgan fingerprint density at radius 3 is 2.52 bits per heavy atom. The third-order valence-electron chi connectivity index (χ3n) is 4.53. The van der Waals surface area contributed by atoms with Crippen LogP contribution in [0.2, 0.25) is 5.02 Å². The van der Waals surface area contributed by atoms with E-state index in [0.717, 1.165) is 5.56 Å². The van der Waals surface area contributed by atoms with Gasteiger partial charge in [-0.15, -0.1) is 0 Å². The number of aromatic nitrogens is 3. The summed E-state index contributed by atoms with van der Waals surface area (Å²) in [6.45, 7) is 3.74. The number of Topliss-reactive ketones (excluding diaryl/α,β-unsaturated/α-hetero) is 1. The van der Waals surface area contributed by atoms with E-state index in [1.165, 1.54) is 16.9 Å². The summed E-state index contributed by atoms with van der Waals surface area (Å²) in [4.78, 5) is 40.9. The highest BCUT2D eigenvalue weighted by atomic mass is 35.5. The lowest BCUT2D eigenvalue weighted by atomic mass is 9.99. The molecule has 0 bridgehead atoms. The molecule has 3 N–H and O–H groups in total. The molecule has 1 aromatic carbocycles. The van der Waals surface area contributed by atoms with Crippen molar-refractivity contribution in [2.75, 3.05) is 0 Å². The number of rotatable bonds is 8. The number of carbonyl (C=O) groups excluding carboxylic acids is 3. The molecule has 0 saturated carbocycles. The Morgan fingerprint density at radius 2 is 1.87 bits per heavy atom. The van der Waals surface area contributed by atoms with Gasteiger partial charge in [0.25, 0.3) is 11.8 Å². The molecule has 0 aliphatic rings. The van der Waals surface area contributed by atoms with Crippen molar-refractivity contribution in [3.8, 4) is 17.1 Å². The molecule has 160 valence electrons. The van der Waals surface area contributed by atoms with Crippen molar-refractivity contribution in [2.45, 2.75) is 26.3 Å². The van der Waals surface area contributed by atoms with Crippen LogP contribution in [0.3, 0.4) is 0 Å². The maximum absolute atomic E-state index is 13.0. The van der Waals surface area contributed by atoms with Gasteiger partial charge in [-0.05, 0) is 24.5 Å². The summed E-state index contributed by atoms with van der Waals surface area (Å²) in [6, 6.07) is 11.7. The number of nitrogens with one attached hydrogen (secondary N) is 1. The van der Waals surface area contributed by atoms with Gasteiger partial charge in [-0.25, -0.2) is 9.67 Å². The predicted octanol–water partition coefficient (Wildman–Crippen LogP) is 2.79. The summed E-state index contributed by atoms with van der Waals surface area (Å²) in [6.07, 6.45) is 3.34. The van der Waals surface area contributed by atoms with Gasteiger partial charge in [-0.3, -0.25) is 14.4 Å².